The van der Waals surface area contributed by atoms with E-state index in [-0.39, 0.29) is 12.5 Å². The van der Waals surface area contributed by atoms with E-state index >= 15 is 0 Å². The zero-order valence-corrected chi connectivity index (χ0v) is 11.3. The molecule has 0 atom stereocenters. The molecule has 0 spiro atoms. The maximum absolute atomic E-state index is 11.7. The van der Waals surface area contributed by atoms with Crippen LogP contribution in [0.1, 0.15) is 0 Å². The van der Waals surface area contributed by atoms with Crippen LogP contribution in [0, 0.1) is 0 Å². The highest BCUT2D eigenvalue weighted by atomic mass is 35.5. The van der Waals surface area contributed by atoms with Gasteiger partial charge in [-0.3, -0.25) is 4.79 Å². The van der Waals surface area contributed by atoms with Gasteiger partial charge in [0.15, 0.2) is 11.6 Å². The minimum Gasteiger partial charge on any atom is -0.344 e. The molecule has 8 heteroatoms. The predicted octanol–water partition coefficient (Wildman–Crippen LogP) is 0.952. The Morgan fingerprint density at radius 3 is 2.72 bits per heavy atom. The van der Waals surface area contributed by atoms with Crippen LogP contribution in [0.15, 0.2) is 6.07 Å². The van der Waals surface area contributed by atoms with Crippen molar-refractivity contribution in [1.82, 2.24) is 9.88 Å². The lowest BCUT2D eigenvalue weighted by Crippen LogP contribution is -2.49. The fourth-order valence-corrected chi connectivity index (χ4v) is 2.25. The number of carbonyl (C=O) groups excluding carboxylic acids is 1. The van der Waals surface area contributed by atoms with Crippen LogP contribution in [0.2, 0.25) is 10.0 Å². The molecule has 0 radical (unpaired) electrons. The van der Waals surface area contributed by atoms with Gasteiger partial charge in [-0.1, -0.05) is 23.2 Å². The number of nitrogen functional groups attached to an aromatic ring is 1. The molecule has 0 aromatic carbocycles. The second-order valence-electron chi connectivity index (χ2n) is 4.01. The quantitative estimate of drug-likeness (QED) is 0.626. The van der Waals surface area contributed by atoms with Gasteiger partial charge in [-0.2, -0.15) is 0 Å². The fraction of sp³-hybridized carbons (Fsp3) is 0.400. The van der Waals surface area contributed by atoms with Crippen LogP contribution in [-0.4, -0.2) is 42.5 Å². The number of anilines is 2. The third kappa shape index (κ3) is 2.45. The Balaban J connectivity index is 2.30. The lowest BCUT2D eigenvalue weighted by atomic mass is 10.3. The number of nitrogens with one attached hydrogen (secondary N) is 1. The van der Waals surface area contributed by atoms with Gasteiger partial charge in [0.05, 0.1) is 16.6 Å². The van der Waals surface area contributed by atoms with Crippen molar-refractivity contribution in [3.8, 4) is 0 Å². The molecule has 0 saturated carbocycles. The average Bonchev–Trinajstić information content (AvgIpc) is 2.33. The molecule has 0 aliphatic carbocycles. The lowest BCUT2D eigenvalue weighted by molar-refractivity contribution is -0.129. The van der Waals surface area contributed by atoms with Crippen LogP contribution >= 0.6 is 23.2 Å². The van der Waals surface area contributed by atoms with Crippen molar-refractivity contribution in [1.29, 1.82) is 0 Å². The number of likely N-dealkylation sites (N-methyl/N-ethyl adjacent to an activating group) is 1. The zero-order chi connectivity index (χ0) is 13.3. The first-order valence-corrected chi connectivity index (χ1v) is 6.10. The van der Waals surface area contributed by atoms with Crippen molar-refractivity contribution >= 4 is 40.7 Å². The Morgan fingerprint density at radius 1 is 1.39 bits per heavy atom. The molecule has 98 valence electrons. The molecule has 0 unspecified atom stereocenters. The molecule has 1 aromatic heterocycles. The number of amides is 1. The molecule has 2 rings (SSSR count). The highest BCUT2D eigenvalue weighted by Gasteiger charge is 2.24. The molecular formula is C10H13Cl2N5O. The van der Waals surface area contributed by atoms with Gasteiger partial charge < -0.3 is 15.2 Å². The molecule has 1 aliphatic rings. The van der Waals surface area contributed by atoms with Gasteiger partial charge in [0.1, 0.15) is 0 Å². The Hall–Kier alpha value is -1.24. The van der Waals surface area contributed by atoms with Crippen LogP contribution in [0.4, 0.5) is 11.6 Å². The number of aromatic nitrogens is 1. The average molecular weight is 290 g/mol. The van der Waals surface area contributed by atoms with E-state index in [1.54, 1.807) is 18.0 Å². The summed E-state index contributed by atoms with van der Waals surface area (Å²) in [6.07, 6.45) is 0. The fourth-order valence-electron chi connectivity index (χ4n) is 1.72. The number of nitrogens with two attached hydrogens (primary N) is 1. The van der Waals surface area contributed by atoms with Crippen LogP contribution in [0.3, 0.4) is 0 Å². The van der Waals surface area contributed by atoms with Crippen molar-refractivity contribution in [3.63, 3.8) is 0 Å². The highest BCUT2D eigenvalue weighted by molar-refractivity contribution is 6.37. The minimum absolute atomic E-state index is 0.0244. The van der Waals surface area contributed by atoms with E-state index in [1.165, 1.54) is 0 Å². The van der Waals surface area contributed by atoms with Crippen LogP contribution in [-0.2, 0) is 4.79 Å². The van der Waals surface area contributed by atoms with Gasteiger partial charge in [0, 0.05) is 20.1 Å². The summed E-state index contributed by atoms with van der Waals surface area (Å²) in [7, 11) is 1.77. The third-order valence-electron chi connectivity index (χ3n) is 2.80. The normalized spacial score (nSPS) is 16.1. The molecule has 1 fully saturated rings. The minimum atomic E-state index is 0.0244. The molecule has 0 bridgehead atoms. The number of hydrogen-bond donors (Lipinski definition) is 2. The number of hydrogen-bond acceptors (Lipinski definition) is 5. The van der Waals surface area contributed by atoms with Crippen molar-refractivity contribution in [3.05, 3.63) is 16.1 Å². The first-order chi connectivity index (χ1) is 8.52. The SMILES string of the molecule is CN1CCN(c2nc(NN)c(Cl)cc2Cl)CC1=O. The summed E-state index contributed by atoms with van der Waals surface area (Å²) in [4.78, 5) is 19.4. The second-order valence-corrected chi connectivity index (χ2v) is 4.82. The van der Waals surface area contributed by atoms with E-state index in [0.29, 0.717) is 34.8 Å². The maximum atomic E-state index is 11.7. The summed E-state index contributed by atoms with van der Waals surface area (Å²) in [6, 6.07) is 1.56. The largest absolute Gasteiger partial charge is 0.344 e. The zero-order valence-electron chi connectivity index (χ0n) is 9.78. The molecular weight excluding hydrogens is 277 g/mol. The number of rotatable bonds is 2. The molecule has 6 nitrogen and oxygen atoms in total. The van der Waals surface area contributed by atoms with E-state index in [9.17, 15) is 4.79 Å². The monoisotopic (exact) mass is 289 g/mol. The van der Waals surface area contributed by atoms with E-state index in [2.05, 4.69) is 10.4 Å². The van der Waals surface area contributed by atoms with Crippen molar-refractivity contribution < 1.29 is 4.79 Å². The standard InChI is InChI=1S/C10H13Cl2N5O/c1-16-2-3-17(5-8(16)18)10-7(12)4-6(11)9(14-10)15-13/h4H,2-3,5,13H2,1H3,(H,14,15). The van der Waals surface area contributed by atoms with Gasteiger partial charge in [-0.25, -0.2) is 10.8 Å². The maximum Gasteiger partial charge on any atom is 0.241 e. The van der Waals surface area contributed by atoms with Gasteiger partial charge in [0.25, 0.3) is 0 Å². The number of carbonyl (C=O) groups is 1. The predicted molar refractivity (Wildman–Crippen MR) is 71.9 cm³/mol. The van der Waals surface area contributed by atoms with E-state index in [0.717, 1.165) is 0 Å². The van der Waals surface area contributed by atoms with Crippen LogP contribution in [0.25, 0.3) is 0 Å². The van der Waals surface area contributed by atoms with Crippen molar-refractivity contribution in [2.75, 3.05) is 37.0 Å². The molecule has 1 aliphatic heterocycles. The first kappa shape index (κ1) is 13.2. The molecule has 1 saturated heterocycles. The number of halogens is 2. The Morgan fingerprint density at radius 2 is 2.11 bits per heavy atom. The molecule has 3 N–H and O–H groups in total. The lowest BCUT2D eigenvalue weighted by Gasteiger charge is -2.33. The number of nitrogens with zero attached hydrogens (tertiary/aromatic N) is 3. The molecule has 18 heavy (non-hydrogen) atoms. The summed E-state index contributed by atoms with van der Waals surface area (Å²) < 4.78 is 0. The van der Waals surface area contributed by atoms with Gasteiger partial charge in [-0.15, -0.1) is 0 Å². The van der Waals surface area contributed by atoms with Gasteiger partial charge in [0.2, 0.25) is 5.91 Å². The van der Waals surface area contributed by atoms with Crippen molar-refractivity contribution in [2.45, 2.75) is 0 Å². The summed E-state index contributed by atoms with van der Waals surface area (Å²) in [5.41, 5.74) is 2.40. The number of hydrazine groups is 1. The molecule has 2 heterocycles. The van der Waals surface area contributed by atoms with E-state index in [1.807, 2.05) is 4.90 Å². The first-order valence-electron chi connectivity index (χ1n) is 5.34. The molecule has 1 amide bonds. The van der Waals surface area contributed by atoms with Crippen LogP contribution < -0.4 is 16.2 Å². The smallest absolute Gasteiger partial charge is 0.241 e. The number of piperazine rings is 1. The van der Waals surface area contributed by atoms with Gasteiger partial charge >= 0.3 is 0 Å². The summed E-state index contributed by atoms with van der Waals surface area (Å²) in [6.45, 7) is 1.54. The Labute approximate surface area is 115 Å². The third-order valence-corrected chi connectivity index (χ3v) is 3.37. The van der Waals surface area contributed by atoms with Gasteiger partial charge in [-0.05, 0) is 6.07 Å². The topological polar surface area (TPSA) is 74.5 Å². The number of pyridine rings is 1. The van der Waals surface area contributed by atoms with Crippen molar-refractivity contribution in [2.24, 2.45) is 5.84 Å². The summed E-state index contributed by atoms with van der Waals surface area (Å²) in [5.74, 6) is 6.18. The van der Waals surface area contributed by atoms with Crippen LogP contribution in [0.5, 0.6) is 0 Å². The van der Waals surface area contributed by atoms with E-state index in [4.69, 9.17) is 29.0 Å². The summed E-state index contributed by atoms with van der Waals surface area (Å²) >= 11 is 12.0. The summed E-state index contributed by atoms with van der Waals surface area (Å²) in [5, 5.41) is 0.739. The second kappa shape index (κ2) is 5.17. The Kier molecular flexibility index (Phi) is 3.79. The molecule has 1 aromatic rings. The van der Waals surface area contributed by atoms with E-state index < -0.39 is 0 Å². The Bertz CT molecular complexity index is 482. The highest BCUT2D eigenvalue weighted by Crippen LogP contribution is 2.31.